The zero-order chi connectivity index (χ0) is 11.8. The highest BCUT2D eigenvalue weighted by Gasteiger charge is 2.21. The Morgan fingerprint density at radius 1 is 1.31 bits per heavy atom. The van der Waals surface area contributed by atoms with Crippen LogP contribution in [-0.4, -0.2) is 15.1 Å². The van der Waals surface area contributed by atoms with Crippen LogP contribution in [0.1, 0.15) is 26.6 Å². The molecule has 2 aromatic rings. The SMILES string of the molecule is CC(C)(C)c1noc(-c2ccnc(Cl)c2)n1. The summed E-state index contributed by atoms with van der Waals surface area (Å²) in [5.41, 5.74) is 0.654. The Kier molecular flexibility index (Phi) is 2.68. The summed E-state index contributed by atoms with van der Waals surface area (Å²) < 4.78 is 5.18. The number of rotatable bonds is 1. The second kappa shape index (κ2) is 3.87. The van der Waals surface area contributed by atoms with Gasteiger partial charge in [0, 0.05) is 17.2 Å². The third-order valence-corrected chi connectivity index (χ3v) is 2.28. The van der Waals surface area contributed by atoms with Crippen LogP contribution in [-0.2, 0) is 5.41 Å². The number of halogens is 1. The molecule has 2 aromatic heterocycles. The van der Waals surface area contributed by atoms with Crippen LogP contribution in [0.15, 0.2) is 22.9 Å². The van der Waals surface area contributed by atoms with Crippen molar-refractivity contribution in [1.29, 1.82) is 0 Å². The second-order valence-electron chi connectivity index (χ2n) is 4.54. The van der Waals surface area contributed by atoms with Crippen LogP contribution in [0, 0.1) is 0 Å². The normalized spacial score (nSPS) is 11.8. The summed E-state index contributed by atoms with van der Waals surface area (Å²) in [7, 11) is 0. The van der Waals surface area contributed by atoms with E-state index in [1.54, 1.807) is 18.3 Å². The van der Waals surface area contributed by atoms with Gasteiger partial charge in [0.25, 0.3) is 5.89 Å². The number of pyridine rings is 1. The summed E-state index contributed by atoms with van der Waals surface area (Å²) in [5.74, 6) is 1.14. The van der Waals surface area contributed by atoms with E-state index in [-0.39, 0.29) is 5.41 Å². The van der Waals surface area contributed by atoms with Crippen molar-refractivity contribution in [2.75, 3.05) is 0 Å². The molecule has 0 radical (unpaired) electrons. The monoisotopic (exact) mass is 237 g/mol. The molecule has 5 heteroatoms. The van der Waals surface area contributed by atoms with Gasteiger partial charge >= 0.3 is 0 Å². The van der Waals surface area contributed by atoms with Crippen molar-refractivity contribution in [3.05, 3.63) is 29.3 Å². The average Bonchev–Trinajstić information content (AvgIpc) is 2.65. The minimum atomic E-state index is -0.126. The van der Waals surface area contributed by atoms with Crippen LogP contribution in [0.25, 0.3) is 11.5 Å². The topological polar surface area (TPSA) is 51.8 Å². The number of hydrogen-bond acceptors (Lipinski definition) is 4. The molecule has 0 bridgehead atoms. The van der Waals surface area contributed by atoms with Gasteiger partial charge in [-0.2, -0.15) is 4.98 Å². The predicted molar refractivity (Wildman–Crippen MR) is 61.2 cm³/mol. The van der Waals surface area contributed by atoms with Gasteiger partial charge in [0.05, 0.1) is 0 Å². The van der Waals surface area contributed by atoms with Gasteiger partial charge in [-0.05, 0) is 12.1 Å². The van der Waals surface area contributed by atoms with Crippen molar-refractivity contribution in [2.45, 2.75) is 26.2 Å². The first-order chi connectivity index (χ1) is 7.47. The molecule has 0 aliphatic rings. The van der Waals surface area contributed by atoms with E-state index >= 15 is 0 Å². The molecule has 0 aliphatic carbocycles. The maximum Gasteiger partial charge on any atom is 0.258 e. The maximum absolute atomic E-state index is 5.79. The molecule has 0 unspecified atom stereocenters. The van der Waals surface area contributed by atoms with Gasteiger partial charge in [-0.15, -0.1) is 0 Å². The minimum absolute atomic E-state index is 0.126. The van der Waals surface area contributed by atoms with Gasteiger partial charge in [-0.3, -0.25) is 0 Å². The molecule has 0 saturated heterocycles. The van der Waals surface area contributed by atoms with Gasteiger partial charge in [0.2, 0.25) is 0 Å². The lowest BCUT2D eigenvalue weighted by Crippen LogP contribution is -2.13. The van der Waals surface area contributed by atoms with Gasteiger partial charge in [-0.1, -0.05) is 37.5 Å². The Hall–Kier alpha value is -1.42. The van der Waals surface area contributed by atoms with Gasteiger partial charge in [0.1, 0.15) is 5.15 Å². The largest absolute Gasteiger partial charge is 0.334 e. The Labute approximate surface area is 98.7 Å². The molecule has 0 aromatic carbocycles. The third-order valence-electron chi connectivity index (χ3n) is 2.07. The molecule has 2 heterocycles. The highest BCUT2D eigenvalue weighted by Crippen LogP contribution is 2.24. The first-order valence-electron chi connectivity index (χ1n) is 4.93. The van der Waals surface area contributed by atoms with Crippen LogP contribution in [0.4, 0.5) is 0 Å². The summed E-state index contributed by atoms with van der Waals surface area (Å²) in [6.07, 6.45) is 1.61. The van der Waals surface area contributed by atoms with Crippen molar-refractivity contribution < 1.29 is 4.52 Å². The van der Waals surface area contributed by atoms with E-state index in [9.17, 15) is 0 Å². The highest BCUT2D eigenvalue weighted by molar-refractivity contribution is 6.29. The van der Waals surface area contributed by atoms with E-state index in [2.05, 4.69) is 15.1 Å². The first kappa shape index (κ1) is 11.1. The van der Waals surface area contributed by atoms with Crippen LogP contribution >= 0.6 is 11.6 Å². The molecule has 0 atom stereocenters. The van der Waals surface area contributed by atoms with E-state index in [0.717, 1.165) is 5.56 Å². The fourth-order valence-electron chi connectivity index (χ4n) is 1.18. The molecular formula is C11H12ClN3O. The van der Waals surface area contributed by atoms with Crippen molar-refractivity contribution in [3.8, 4) is 11.5 Å². The van der Waals surface area contributed by atoms with Crippen LogP contribution in [0.3, 0.4) is 0 Å². The lowest BCUT2D eigenvalue weighted by molar-refractivity contribution is 0.402. The lowest BCUT2D eigenvalue weighted by Gasteiger charge is -2.10. The summed E-state index contributed by atoms with van der Waals surface area (Å²) in [4.78, 5) is 8.23. The number of aromatic nitrogens is 3. The Morgan fingerprint density at radius 3 is 2.62 bits per heavy atom. The molecule has 0 N–H and O–H groups in total. The standard InChI is InChI=1S/C11H12ClN3O/c1-11(2,3)10-14-9(16-15-10)7-4-5-13-8(12)6-7/h4-6H,1-3H3. The van der Waals surface area contributed by atoms with Crippen LogP contribution in [0.2, 0.25) is 5.15 Å². The number of nitrogens with zero attached hydrogens (tertiary/aromatic N) is 3. The van der Waals surface area contributed by atoms with E-state index < -0.39 is 0 Å². The summed E-state index contributed by atoms with van der Waals surface area (Å²) >= 11 is 5.79. The molecular weight excluding hydrogens is 226 g/mol. The molecule has 2 rings (SSSR count). The summed E-state index contributed by atoms with van der Waals surface area (Å²) in [6.45, 7) is 6.09. The highest BCUT2D eigenvalue weighted by atomic mass is 35.5. The molecule has 0 spiro atoms. The zero-order valence-electron chi connectivity index (χ0n) is 9.36. The third kappa shape index (κ3) is 2.22. The fraction of sp³-hybridized carbons (Fsp3) is 0.364. The average molecular weight is 238 g/mol. The number of hydrogen-bond donors (Lipinski definition) is 0. The predicted octanol–water partition coefficient (Wildman–Crippen LogP) is 3.08. The van der Waals surface area contributed by atoms with Crippen molar-refractivity contribution >= 4 is 11.6 Å². The van der Waals surface area contributed by atoms with E-state index in [1.165, 1.54) is 0 Å². The van der Waals surface area contributed by atoms with Crippen molar-refractivity contribution in [3.63, 3.8) is 0 Å². The van der Waals surface area contributed by atoms with E-state index in [0.29, 0.717) is 16.9 Å². The Balaban J connectivity index is 2.39. The molecule has 0 saturated carbocycles. The molecule has 0 amide bonds. The Morgan fingerprint density at radius 2 is 2.06 bits per heavy atom. The quantitative estimate of drug-likeness (QED) is 0.716. The van der Waals surface area contributed by atoms with E-state index in [1.807, 2.05) is 20.8 Å². The zero-order valence-corrected chi connectivity index (χ0v) is 10.1. The lowest BCUT2D eigenvalue weighted by atomic mass is 9.96. The van der Waals surface area contributed by atoms with Gasteiger partial charge in [0.15, 0.2) is 5.82 Å². The molecule has 4 nitrogen and oxygen atoms in total. The van der Waals surface area contributed by atoms with Gasteiger partial charge < -0.3 is 4.52 Å². The van der Waals surface area contributed by atoms with Crippen LogP contribution < -0.4 is 0 Å². The molecule has 84 valence electrons. The second-order valence-corrected chi connectivity index (χ2v) is 4.93. The first-order valence-corrected chi connectivity index (χ1v) is 5.31. The maximum atomic E-state index is 5.79. The fourth-order valence-corrected chi connectivity index (χ4v) is 1.35. The molecule has 0 aliphatic heterocycles. The summed E-state index contributed by atoms with van der Waals surface area (Å²) in [5, 5.41) is 4.35. The van der Waals surface area contributed by atoms with E-state index in [4.69, 9.17) is 16.1 Å². The van der Waals surface area contributed by atoms with Gasteiger partial charge in [-0.25, -0.2) is 4.98 Å². The smallest absolute Gasteiger partial charge is 0.258 e. The Bertz CT molecular complexity index is 502. The minimum Gasteiger partial charge on any atom is -0.334 e. The van der Waals surface area contributed by atoms with Crippen molar-refractivity contribution in [2.24, 2.45) is 0 Å². The van der Waals surface area contributed by atoms with Crippen LogP contribution in [0.5, 0.6) is 0 Å². The molecule has 16 heavy (non-hydrogen) atoms. The van der Waals surface area contributed by atoms with Crippen molar-refractivity contribution in [1.82, 2.24) is 15.1 Å². The molecule has 0 fully saturated rings. The summed E-state index contributed by atoms with van der Waals surface area (Å²) in [6, 6.07) is 3.48.